The van der Waals surface area contributed by atoms with Crippen LogP contribution in [-0.2, 0) is 0 Å². The minimum atomic E-state index is 0.106. The number of hydrogen-bond acceptors (Lipinski definition) is 5. The number of pyridine rings is 1. The van der Waals surface area contributed by atoms with E-state index in [-0.39, 0.29) is 5.75 Å². The van der Waals surface area contributed by atoms with E-state index in [0.29, 0.717) is 28.6 Å². The fraction of sp³-hybridized carbons (Fsp3) is 0.118. The van der Waals surface area contributed by atoms with E-state index >= 15 is 0 Å². The highest BCUT2D eigenvalue weighted by atomic mass is 16.5. The van der Waals surface area contributed by atoms with Crippen molar-refractivity contribution in [2.24, 2.45) is 0 Å². The summed E-state index contributed by atoms with van der Waals surface area (Å²) < 4.78 is 16.4. The largest absolute Gasteiger partial charge is 0.506 e. The summed E-state index contributed by atoms with van der Waals surface area (Å²) in [6.07, 6.45) is 0. The Kier molecular flexibility index (Phi) is 3.70. The van der Waals surface area contributed by atoms with Gasteiger partial charge in [0.05, 0.1) is 14.2 Å². The van der Waals surface area contributed by atoms with Crippen molar-refractivity contribution in [3.8, 4) is 28.9 Å². The van der Waals surface area contributed by atoms with Gasteiger partial charge in [-0.15, -0.1) is 0 Å². The van der Waals surface area contributed by atoms with Crippen LogP contribution in [0.25, 0.3) is 10.9 Å². The minimum absolute atomic E-state index is 0.106. The third-order valence-electron chi connectivity index (χ3n) is 3.26. The van der Waals surface area contributed by atoms with Crippen LogP contribution in [0.15, 0.2) is 48.5 Å². The van der Waals surface area contributed by atoms with Crippen LogP contribution in [0, 0.1) is 0 Å². The van der Waals surface area contributed by atoms with E-state index < -0.39 is 0 Å². The third kappa shape index (κ3) is 2.48. The maximum Gasteiger partial charge on any atom is 0.220 e. The van der Waals surface area contributed by atoms with Gasteiger partial charge < -0.3 is 19.3 Å². The van der Waals surface area contributed by atoms with Gasteiger partial charge in [-0.2, -0.15) is 0 Å². The highest BCUT2D eigenvalue weighted by molar-refractivity contribution is 5.84. The molecule has 112 valence electrons. The Hall–Kier alpha value is -2.95. The van der Waals surface area contributed by atoms with E-state index in [2.05, 4.69) is 4.98 Å². The van der Waals surface area contributed by atoms with Crippen molar-refractivity contribution in [3.63, 3.8) is 0 Å². The number of ether oxygens (including phenoxy) is 3. The monoisotopic (exact) mass is 297 g/mol. The lowest BCUT2D eigenvalue weighted by molar-refractivity contribution is 0.342. The van der Waals surface area contributed by atoms with Crippen LogP contribution in [0.5, 0.6) is 28.9 Å². The van der Waals surface area contributed by atoms with Gasteiger partial charge in [0.15, 0.2) is 11.5 Å². The Morgan fingerprint density at radius 3 is 2.23 bits per heavy atom. The molecule has 0 saturated carbocycles. The average Bonchev–Trinajstić information content (AvgIpc) is 2.56. The van der Waals surface area contributed by atoms with E-state index in [9.17, 15) is 5.11 Å². The first-order valence-corrected chi connectivity index (χ1v) is 6.70. The molecule has 5 nitrogen and oxygen atoms in total. The number of benzene rings is 2. The van der Waals surface area contributed by atoms with E-state index in [4.69, 9.17) is 14.2 Å². The van der Waals surface area contributed by atoms with Gasteiger partial charge in [0, 0.05) is 11.5 Å². The minimum Gasteiger partial charge on any atom is -0.506 e. The van der Waals surface area contributed by atoms with Crippen molar-refractivity contribution < 1.29 is 19.3 Å². The van der Waals surface area contributed by atoms with Crippen LogP contribution < -0.4 is 14.2 Å². The van der Waals surface area contributed by atoms with Gasteiger partial charge >= 0.3 is 0 Å². The van der Waals surface area contributed by atoms with Crippen molar-refractivity contribution in [1.29, 1.82) is 0 Å². The summed E-state index contributed by atoms with van der Waals surface area (Å²) in [5.74, 6) is 1.97. The number of aromatic hydroxyl groups is 1. The molecule has 5 heteroatoms. The van der Waals surface area contributed by atoms with Crippen molar-refractivity contribution in [2.45, 2.75) is 0 Å². The van der Waals surface area contributed by atoms with Crippen molar-refractivity contribution >= 4 is 10.9 Å². The fourth-order valence-electron chi connectivity index (χ4n) is 2.19. The molecule has 0 amide bonds. The standard InChI is InChI=1S/C17H15NO4/c1-20-13-7-4-8-14(21-2)17(13)22-15-10-9-11-5-3-6-12(19)16(11)18-15/h3-10,19H,1-2H3. The Morgan fingerprint density at radius 1 is 0.864 bits per heavy atom. The first-order chi connectivity index (χ1) is 10.7. The second kappa shape index (κ2) is 5.81. The van der Waals surface area contributed by atoms with Gasteiger partial charge in [-0.05, 0) is 24.3 Å². The predicted molar refractivity (Wildman–Crippen MR) is 83.0 cm³/mol. The molecule has 0 atom stereocenters. The summed E-state index contributed by atoms with van der Waals surface area (Å²) in [5.41, 5.74) is 0.480. The summed E-state index contributed by atoms with van der Waals surface area (Å²) in [4.78, 5) is 4.34. The van der Waals surface area contributed by atoms with E-state index in [0.717, 1.165) is 5.39 Å². The first-order valence-electron chi connectivity index (χ1n) is 6.70. The number of hydrogen-bond donors (Lipinski definition) is 1. The average molecular weight is 297 g/mol. The Bertz CT molecular complexity index is 795. The molecule has 2 aromatic carbocycles. The number of fused-ring (bicyclic) bond motifs is 1. The second-order valence-corrected chi connectivity index (χ2v) is 4.59. The van der Waals surface area contributed by atoms with Gasteiger partial charge in [-0.1, -0.05) is 18.2 Å². The van der Waals surface area contributed by atoms with Crippen molar-refractivity contribution in [3.05, 3.63) is 48.5 Å². The summed E-state index contributed by atoms with van der Waals surface area (Å²) in [7, 11) is 3.11. The van der Waals surface area contributed by atoms with Crippen LogP contribution in [0.4, 0.5) is 0 Å². The summed E-state index contributed by atoms with van der Waals surface area (Å²) in [5, 5.41) is 10.7. The van der Waals surface area contributed by atoms with Crippen LogP contribution in [-0.4, -0.2) is 24.3 Å². The normalized spacial score (nSPS) is 10.5. The summed E-state index contributed by atoms with van der Waals surface area (Å²) in [6, 6.07) is 14.1. The van der Waals surface area contributed by atoms with E-state index in [1.807, 2.05) is 18.2 Å². The molecule has 0 radical (unpaired) electrons. The smallest absolute Gasteiger partial charge is 0.220 e. The second-order valence-electron chi connectivity index (χ2n) is 4.59. The van der Waals surface area contributed by atoms with Crippen LogP contribution in [0.1, 0.15) is 0 Å². The fourth-order valence-corrected chi connectivity index (χ4v) is 2.19. The topological polar surface area (TPSA) is 60.8 Å². The maximum atomic E-state index is 9.90. The predicted octanol–water partition coefficient (Wildman–Crippen LogP) is 3.75. The van der Waals surface area contributed by atoms with Crippen molar-refractivity contribution in [1.82, 2.24) is 4.98 Å². The number of phenolic OH excluding ortho intramolecular Hbond substituents is 1. The Morgan fingerprint density at radius 2 is 1.55 bits per heavy atom. The molecule has 1 aromatic heterocycles. The van der Waals surface area contributed by atoms with Gasteiger partial charge in [0.1, 0.15) is 11.3 Å². The molecule has 0 aliphatic rings. The molecular formula is C17H15NO4. The molecule has 0 bridgehead atoms. The van der Waals surface area contributed by atoms with Crippen LogP contribution >= 0.6 is 0 Å². The molecule has 0 unspecified atom stereocenters. The van der Waals surface area contributed by atoms with Gasteiger partial charge in [-0.25, -0.2) is 4.98 Å². The molecular weight excluding hydrogens is 282 g/mol. The SMILES string of the molecule is COc1cccc(OC)c1Oc1ccc2cccc(O)c2n1. The first kappa shape index (κ1) is 14.0. The zero-order valence-corrected chi connectivity index (χ0v) is 12.2. The number of methoxy groups -OCH3 is 2. The number of aromatic nitrogens is 1. The Labute approximate surface area is 127 Å². The molecule has 0 spiro atoms. The molecule has 3 aromatic rings. The number of nitrogens with zero attached hydrogens (tertiary/aromatic N) is 1. The number of phenols is 1. The molecule has 3 rings (SSSR count). The number of rotatable bonds is 4. The molecule has 1 heterocycles. The highest BCUT2D eigenvalue weighted by Crippen LogP contribution is 2.40. The molecule has 0 fully saturated rings. The summed E-state index contributed by atoms with van der Waals surface area (Å²) >= 11 is 0. The third-order valence-corrected chi connectivity index (χ3v) is 3.26. The molecule has 0 aliphatic carbocycles. The van der Waals surface area contributed by atoms with E-state index in [1.54, 1.807) is 44.6 Å². The lowest BCUT2D eigenvalue weighted by atomic mass is 10.2. The summed E-state index contributed by atoms with van der Waals surface area (Å²) in [6.45, 7) is 0. The zero-order valence-electron chi connectivity index (χ0n) is 12.2. The lowest BCUT2D eigenvalue weighted by Crippen LogP contribution is -1.95. The molecule has 1 N–H and O–H groups in total. The van der Waals surface area contributed by atoms with Crippen LogP contribution in [0.3, 0.4) is 0 Å². The molecule has 22 heavy (non-hydrogen) atoms. The quantitative estimate of drug-likeness (QED) is 0.794. The zero-order chi connectivity index (χ0) is 15.5. The molecule has 0 saturated heterocycles. The Balaban J connectivity index is 2.05. The highest BCUT2D eigenvalue weighted by Gasteiger charge is 2.13. The van der Waals surface area contributed by atoms with E-state index in [1.165, 1.54) is 0 Å². The molecule has 0 aliphatic heterocycles. The van der Waals surface area contributed by atoms with Crippen molar-refractivity contribution in [2.75, 3.05) is 14.2 Å². The van der Waals surface area contributed by atoms with Gasteiger partial charge in [-0.3, -0.25) is 0 Å². The van der Waals surface area contributed by atoms with Crippen LogP contribution in [0.2, 0.25) is 0 Å². The maximum absolute atomic E-state index is 9.90. The van der Waals surface area contributed by atoms with Gasteiger partial charge in [0.2, 0.25) is 11.6 Å². The number of para-hydroxylation sites is 2. The van der Waals surface area contributed by atoms with Gasteiger partial charge in [0.25, 0.3) is 0 Å². The lowest BCUT2D eigenvalue weighted by Gasteiger charge is -2.13.